The van der Waals surface area contributed by atoms with Crippen molar-refractivity contribution in [2.75, 3.05) is 0 Å². The minimum Gasteiger partial charge on any atom is -0.0579 e. The largest absolute Gasteiger partial charge is 0.0579 e. The van der Waals surface area contributed by atoms with Crippen molar-refractivity contribution >= 4 is 15.9 Å². The highest BCUT2D eigenvalue weighted by molar-refractivity contribution is 9.10. The zero-order valence-electron chi connectivity index (χ0n) is 10.6. The zero-order valence-corrected chi connectivity index (χ0v) is 12.2. The highest BCUT2D eigenvalue weighted by Gasteiger charge is 2.11. The molecule has 0 nitrogen and oxygen atoms in total. The summed E-state index contributed by atoms with van der Waals surface area (Å²) in [6, 6.07) is 8.83. The van der Waals surface area contributed by atoms with Crippen molar-refractivity contribution < 1.29 is 0 Å². The molecule has 0 atom stereocenters. The molecule has 17 heavy (non-hydrogen) atoms. The summed E-state index contributed by atoms with van der Waals surface area (Å²) in [5, 5.41) is 0. The number of aryl methyl sites for hydroxylation is 1. The van der Waals surface area contributed by atoms with Gasteiger partial charge in [-0.25, -0.2) is 0 Å². The molecule has 1 fully saturated rings. The van der Waals surface area contributed by atoms with Crippen LogP contribution in [0.1, 0.15) is 56.9 Å². The van der Waals surface area contributed by atoms with Crippen LogP contribution in [0.4, 0.5) is 0 Å². The molecule has 0 N–H and O–H groups in total. The predicted molar refractivity (Wildman–Crippen MR) is 78.3 cm³/mol. The van der Waals surface area contributed by atoms with E-state index in [1.165, 1.54) is 67.8 Å². The summed E-state index contributed by atoms with van der Waals surface area (Å²) in [4.78, 5) is 0. The van der Waals surface area contributed by atoms with Gasteiger partial charge in [-0.15, -0.1) is 0 Å². The van der Waals surface area contributed by atoms with Crippen LogP contribution in [0.3, 0.4) is 0 Å². The lowest BCUT2D eigenvalue weighted by molar-refractivity contribution is 0.359. The molecule has 0 heterocycles. The second kappa shape index (κ2) is 7.20. The summed E-state index contributed by atoms with van der Waals surface area (Å²) in [7, 11) is 0. The molecule has 0 radical (unpaired) electrons. The molecule has 1 aliphatic rings. The van der Waals surface area contributed by atoms with Crippen LogP contribution in [0.15, 0.2) is 28.7 Å². The number of hydrogen-bond acceptors (Lipinski definition) is 0. The Balaban J connectivity index is 1.77. The van der Waals surface area contributed by atoms with Gasteiger partial charge in [-0.3, -0.25) is 0 Å². The molecule has 2 rings (SSSR count). The molecule has 1 heteroatoms. The number of hydrogen-bond donors (Lipinski definition) is 0. The molecule has 0 aliphatic heterocycles. The molecule has 0 amide bonds. The first kappa shape index (κ1) is 13.1. The van der Waals surface area contributed by atoms with Crippen LogP contribution in [0.5, 0.6) is 0 Å². The molecule has 0 unspecified atom stereocenters. The molecule has 0 saturated heterocycles. The standard InChI is InChI=1S/C16H23Br/c17-16-12-10-15(11-13-16)9-8-14-6-4-2-1-3-5-7-14/h10-14H,1-9H2. The third kappa shape index (κ3) is 4.83. The van der Waals surface area contributed by atoms with Gasteiger partial charge in [0.15, 0.2) is 0 Å². The second-order valence-corrected chi connectivity index (χ2v) is 6.29. The van der Waals surface area contributed by atoms with Crippen molar-refractivity contribution in [3.8, 4) is 0 Å². The molecular weight excluding hydrogens is 272 g/mol. The molecule has 0 bridgehead atoms. The topological polar surface area (TPSA) is 0 Å². The van der Waals surface area contributed by atoms with Crippen LogP contribution in [0.25, 0.3) is 0 Å². The molecule has 1 aromatic rings. The van der Waals surface area contributed by atoms with Gasteiger partial charge in [0.2, 0.25) is 0 Å². The van der Waals surface area contributed by atoms with E-state index in [0.717, 1.165) is 5.92 Å². The van der Waals surface area contributed by atoms with Crippen molar-refractivity contribution in [2.24, 2.45) is 5.92 Å². The smallest absolute Gasteiger partial charge is 0.0175 e. The predicted octanol–water partition coefficient (Wildman–Crippen LogP) is 5.74. The van der Waals surface area contributed by atoms with Gasteiger partial charge in [0.1, 0.15) is 0 Å². The number of halogens is 1. The van der Waals surface area contributed by atoms with Crippen LogP contribution in [0, 0.1) is 5.92 Å². The van der Waals surface area contributed by atoms with E-state index < -0.39 is 0 Å². The van der Waals surface area contributed by atoms with Crippen LogP contribution >= 0.6 is 15.9 Å². The molecule has 94 valence electrons. The van der Waals surface area contributed by atoms with E-state index in [-0.39, 0.29) is 0 Å². The first-order chi connectivity index (χ1) is 8.34. The highest BCUT2D eigenvalue weighted by Crippen LogP contribution is 2.26. The lowest BCUT2D eigenvalue weighted by Gasteiger charge is -2.19. The van der Waals surface area contributed by atoms with Crippen molar-refractivity contribution in [1.29, 1.82) is 0 Å². The monoisotopic (exact) mass is 294 g/mol. The first-order valence-electron chi connectivity index (χ1n) is 7.09. The first-order valence-corrected chi connectivity index (χ1v) is 7.88. The van der Waals surface area contributed by atoms with E-state index in [1.807, 2.05) is 0 Å². The number of benzene rings is 1. The van der Waals surface area contributed by atoms with E-state index in [1.54, 1.807) is 0 Å². The van der Waals surface area contributed by atoms with Gasteiger partial charge in [0, 0.05) is 4.47 Å². The Morgan fingerprint density at radius 3 is 2.12 bits per heavy atom. The van der Waals surface area contributed by atoms with Gasteiger partial charge < -0.3 is 0 Å². The Bertz CT molecular complexity index is 307. The van der Waals surface area contributed by atoms with E-state index in [4.69, 9.17) is 0 Å². The van der Waals surface area contributed by atoms with Gasteiger partial charge in [-0.05, 0) is 36.5 Å². The maximum atomic E-state index is 3.49. The lowest BCUT2D eigenvalue weighted by Crippen LogP contribution is -2.05. The number of rotatable bonds is 3. The lowest BCUT2D eigenvalue weighted by atomic mass is 9.87. The van der Waals surface area contributed by atoms with Crippen LogP contribution in [0.2, 0.25) is 0 Å². The van der Waals surface area contributed by atoms with Gasteiger partial charge in [0.05, 0.1) is 0 Å². The summed E-state index contributed by atoms with van der Waals surface area (Å²) >= 11 is 3.49. The molecule has 0 aromatic heterocycles. The molecule has 1 aromatic carbocycles. The third-order valence-corrected chi connectivity index (χ3v) is 4.51. The minimum absolute atomic E-state index is 0.985. The highest BCUT2D eigenvalue weighted by atomic mass is 79.9. The van der Waals surface area contributed by atoms with Crippen molar-refractivity contribution in [2.45, 2.75) is 57.8 Å². The maximum Gasteiger partial charge on any atom is 0.0175 e. The van der Waals surface area contributed by atoms with Crippen LogP contribution < -0.4 is 0 Å². The van der Waals surface area contributed by atoms with Gasteiger partial charge in [-0.1, -0.05) is 73.0 Å². The quantitative estimate of drug-likeness (QED) is 0.666. The fraction of sp³-hybridized carbons (Fsp3) is 0.625. The third-order valence-electron chi connectivity index (χ3n) is 3.98. The van der Waals surface area contributed by atoms with Crippen molar-refractivity contribution in [3.63, 3.8) is 0 Å². The fourth-order valence-electron chi connectivity index (χ4n) is 2.85. The van der Waals surface area contributed by atoms with Crippen molar-refractivity contribution in [1.82, 2.24) is 0 Å². The van der Waals surface area contributed by atoms with E-state index >= 15 is 0 Å². The average molecular weight is 295 g/mol. The molecule has 1 saturated carbocycles. The Hall–Kier alpha value is -0.300. The normalized spacial score (nSPS) is 18.6. The molecule has 1 aliphatic carbocycles. The second-order valence-electron chi connectivity index (χ2n) is 5.38. The van der Waals surface area contributed by atoms with E-state index in [0.29, 0.717) is 0 Å². The molecular formula is C16H23Br. The minimum atomic E-state index is 0.985. The zero-order chi connectivity index (χ0) is 11.9. The summed E-state index contributed by atoms with van der Waals surface area (Å²) in [5.41, 5.74) is 1.50. The Labute approximate surface area is 114 Å². The van der Waals surface area contributed by atoms with Gasteiger partial charge >= 0.3 is 0 Å². The maximum absolute atomic E-state index is 3.49. The fourth-order valence-corrected chi connectivity index (χ4v) is 3.12. The summed E-state index contributed by atoms with van der Waals surface area (Å²) in [6.07, 6.45) is 12.9. The summed E-state index contributed by atoms with van der Waals surface area (Å²) in [6.45, 7) is 0. The SMILES string of the molecule is Brc1ccc(CCC2CCCCCCC2)cc1. The van der Waals surface area contributed by atoms with E-state index in [2.05, 4.69) is 40.2 Å². The van der Waals surface area contributed by atoms with Gasteiger partial charge in [0.25, 0.3) is 0 Å². The molecule has 0 spiro atoms. The Morgan fingerprint density at radius 1 is 0.882 bits per heavy atom. The van der Waals surface area contributed by atoms with Crippen LogP contribution in [-0.2, 0) is 6.42 Å². The average Bonchev–Trinajstić information content (AvgIpc) is 2.30. The summed E-state index contributed by atoms with van der Waals surface area (Å²) in [5.74, 6) is 0.985. The summed E-state index contributed by atoms with van der Waals surface area (Å²) < 4.78 is 1.19. The Morgan fingerprint density at radius 2 is 1.47 bits per heavy atom. The Kier molecular flexibility index (Phi) is 5.57. The van der Waals surface area contributed by atoms with Gasteiger partial charge in [-0.2, -0.15) is 0 Å². The van der Waals surface area contributed by atoms with Crippen LogP contribution in [-0.4, -0.2) is 0 Å². The van der Waals surface area contributed by atoms with E-state index in [9.17, 15) is 0 Å². The van der Waals surface area contributed by atoms with Crippen molar-refractivity contribution in [3.05, 3.63) is 34.3 Å².